The lowest BCUT2D eigenvalue weighted by atomic mass is 9.65. The second kappa shape index (κ2) is 14.6. The average molecular weight is 630 g/mol. The number of H-pyrrole nitrogens is 1. The fourth-order valence-corrected chi connectivity index (χ4v) is 7.15. The number of hydrogen-bond acceptors (Lipinski definition) is 6. The van der Waals surface area contributed by atoms with E-state index in [0.29, 0.717) is 17.5 Å². The Hall–Kier alpha value is -4.67. The summed E-state index contributed by atoms with van der Waals surface area (Å²) in [6, 6.07) is 9.64. The number of methoxy groups -OCH3 is 1. The molecule has 5 rings (SSSR count). The number of benzene rings is 1. The Labute approximate surface area is 268 Å². The van der Waals surface area contributed by atoms with Crippen molar-refractivity contribution in [3.63, 3.8) is 0 Å². The third kappa shape index (κ3) is 7.58. The van der Waals surface area contributed by atoms with Gasteiger partial charge in [-0.2, -0.15) is 0 Å². The number of aromatic amines is 1. The van der Waals surface area contributed by atoms with E-state index in [4.69, 9.17) is 0 Å². The monoisotopic (exact) mass is 629 g/mol. The maximum atomic E-state index is 13.5. The van der Waals surface area contributed by atoms with Crippen molar-refractivity contribution in [3.05, 3.63) is 76.4 Å². The number of para-hydroxylation sites is 1. The van der Waals surface area contributed by atoms with E-state index in [9.17, 15) is 24.0 Å². The van der Waals surface area contributed by atoms with Crippen LogP contribution in [-0.4, -0.2) is 52.4 Å². The van der Waals surface area contributed by atoms with Crippen molar-refractivity contribution in [1.29, 1.82) is 0 Å². The Kier molecular flexibility index (Phi) is 10.4. The number of ether oxygens (including phenoxy) is 1. The number of carbonyl (C=O) groups is 4. The number of rotatable bonds is 11. The molecule has 2 heterocycles. The van der Waals surface area contributed by atoms with Gasteiger partial charge in [0.2, 0.25) is 11.8 Å². The van der Waals surface area contributed by atoms with Crippen LogP contribution in [-0.2, 0) is 25.7 Å². The van der Waals surface area contributed by atoms with Gasteiger partial charge < -0.3 is 30.2 Å². The van der Waals surface area contributed by atoms with Crippen molar-refractivity contribution < 1.29 is 23.9 Å². The van der Waals surface area contributed by atoms with Gasteiger partial charge in [-0.3, -0.25) is 19.2 Å². The SMILES string of the molecule is COC(=O)/C=C/CC[C@H](NC(=O)c1[nH]c2ccccc2c1C)C(=O)Nc1cccn(CC(=O)NC2C(C)CC3CCCC2C3)c1=O. The second-order valence-corrected chi connectivity index (χ2v) is 12.6. The van der Waals surface area contributed by atoms with Crippen LogP contribution in [0.25, 0.3) is 10.9 Å². The van der Waals surface area contributed by atoms with Crippen LogP contribution in [0.2, 0.25) is 0 Å². The first-order valence-electron chi connectivity index (χ1n) is 16.1. The minimum atomic E-state index is -1.04. The van der Waals surface area contributed by atoms with Gasteiger partial charge in [-0.15, -0.1) is 0 Å². The van der Waals surface area contributed by atoms with Crippen molar-refractivity contribution in [2.75, 3.05) is 12.4 Å². The number of amides is 3. The summed E-state index contributed by atoms with van der Waals surface area (Å²) in [7, 11) is 1.27. The molecule has 11 nitrogen and oxygen atoms in total. The molecule has 2 saturated carbocycles. The minimum absolute atomic E-state index is 0.00685. The highest BCUT2D eigenvalue weighted by Crippen LogP contribution is 2.42. The first-order chi connectivity index (χ1) is 22.1. The summed E-state index contributed by atoms with van der Waals surface area (Å²) in [6.45, 7) is 3.85. The van der Waals surface area contributed by atoms with Gasteiger partial charge in [0, 0.05) is 29.2 Å². The van der Waals surface area contributed by atoms with Gasteiger partial charge in [0.15, 0.2) is 0 Å². The summed E-state index contributed by atoms with van der Waals surface area (Å²) in [5.41, 5.74) is 1.33. The van der Waals surface area contributed by atoms with Gasteiger partial charge >= 0.3 is 5.97 Å². The largest absolute Gasteiger partial charge is 0.466 e. The van der Waals surface area contributed by atoms with Gasteiger partial charge in [-0.1, -0.05) is 44.0 Å². The summed E-state index contributed by atoms with van der Waals surface area (Å²) in [4.78, 5) is 68.0. The third-order valence-electron chi connectivity index (χ3n) is 9.46. The number of nitrogens with zero attached hydrogens (tertiary/aromatic N) is 1. The quantitative estimate of drug-likeness (QED) is 0.184. The zero-order chi connectivity index (χ0) is 32.8. The maximum Gasteiger partial charge on any atom is 0.330 e. The Morgan fingerprint density at radius 2 is 1.91 bits per heavy atom. The molecule has 2 bridgehead atoms. The molecule has 4 unspecified atom stereocenters. The molecule has 244 valence electrons. The van der Waals surface area contributed by atoms with Crippen LogP contribution in [0.3, 0.4) is 0 Å². The number of allylic oxidation sites excluding steroid dienone is 1. The highest BCUT2D eigenvalue weighted by Gasteiger charge is 2.38. The zero-order valence-corrected chi connectivity index (χ0v) is 26.6. The molecular formula is C35H43N5O6. The Balaban J connectivity index is 1.28. The van der Waals surface area contributed by atoms with Gasteiger partial charge in [0.25, 0.3) is 11.5 Å². The van der Waals surface area contributed by atoms with Crippen LogP contribution in [0.4, 0.5) is 5.69 Å². The first kappa shape index (κ1) is 32.7. The number of hydrogen-bond donors (Lipinski definition) is 4. The number of anilines is 1. The number of carbonyl (C=O) groups excluding carboxylic acids is 4. The number of aromatic nitrogens is 2. The lowest BCUT2D eigenvalue weighted by Crippen LogP contribution is -2.50. The molecule has 0 aliphatic heterocycles. The van der Waals surface area contributed by atoms with E-state index in [2.05, 4.69) is 32.6 Å². The molecule has 3 amide bonds. The molecule has 5 atom stereocenters. The minimum Gasteiger partial charge on any atom is -0.466 e. The lowest BCUT2D eigenvalue weighted by Gasteiger charge is -2.44. The number of nitrogens with one attached hydrogen (secondary N) is 4. The Morgan fingerprint density at radius 1 is 1.11 bits per heavy atom. The van der Waals surface area contributed by atoms with Crippen molar-refractivity contribution in [1.82, 2.24) is 20.2 Å². The molecule has 46 heavy (non-hydrogen) atoms. The molecule has 0 saturated heterocycles. The second-order valence-electron chi connectivity index (χ2n) is 12.6. The highest BCUT2D eigenvalue weighted by atomic mass is 16.5. The number of esters is 1. The summed E-state index contributed by atoms with van der Waals surface area (Å²) in [6.07, 6.45) is 10.6. The summed E-state index contributed by atoms with van der Waals surface area (Å²) in [5, 5.41) is 9.53. The van der Waals surface area contributed by atoms with Crippen molar-refractivity contribution >= 4 is 40.3 Å². The molecule has 4 N–H and O–H groups in total. The van der Waals surface area contributed by atoms with E-state index in [1.54, 1.807) is 12.1 Å². The van der Waals surface area contributed by atoms with Crippen LogP contribution in [0, 0.1) is 24.7 Å². The van der Waals surface area contributed by atoms with Gasteiger partial charge in [-0.25, -0.2) is 4.79 Å². The van der Waals surface area contributed by atoms with E-state index >= 15 is 0 Å². The van der Waals surface area contributed by atoms with Gasteiger partial charge in [0.05, 0.1) is 7.11 Å². The predicted molar refractivity (Wildman–Crippen MR) is 175 cm³/mol. The highest BCUT2D eigenvalue weighted by molar-refractivity contribution is 6.04. The molecule has 0 spiro atoms. The molecule has 3 aromatic rings. The Bertz CT molecular complexity index is 1690. The topological polar surface area (TPSA) is 151 Å². The summed E-state index contributed by atoms with van der Waals surface area (Å²) in [5.74, 6) is -0.246. The maximum absolute atomic E-state index is 13.5. The molecular weight excluding hydrogens is 586 g/mol. The zero-order valence-electron chi connectivity index (χ0n) is 26.6. The van der Waals surface area contributed by atoms with Crippen molar-refractivity contribution in [2.24, 2.45) is 17.8 Å². The molecule has 11 heteroatoms. The summed E-state index contributed by atoms with van der Waals surface area (Å²) < 4.78 is 5.90. The van der Waals surface area contributed by atoms with Gasteiger partial charge in [0.1, 0.15) is 24.0 Å². The van der Waals surface area contributed by atoms with E-state index in [0.717, 1.165) is 41.6 Å². The number of aryl methyl sites for hydroxylation is 1. The van der Waals surface area contributed by atoms with E-state index in [1.807, 2.05) is 31.2 Å². The van der Waals surface area contributed by atoms with Crippen LogP contribution >= 0.6 is 0 Å². The van der Waals surface area contributed by atoms with E-state index in [1.165, 1.54) is 42.9 Å². The molecule has 2 fully saturated rings. The van der Waals surface area contributed by atoms with Crippen LogP contribution < -0.4 is 21.5 Å². The Morgan fingerprint density at radius 3 is 2.70 bits per heavy atom. The van der Waals surface area contributed by atoms with Crippen LogP contribution in [0.1, 0.15) is 67.9 Å². The standard InChI is InChI=1S/C35H43N5O6/c1-21-18-23-10-8-11-24(19-23)31(21)39-29(41)20-40-17-9-15-28(35(40)45)38-33(43)27(14-6-7-16-30(42)46-3)37-34(44)32-22(2)25-12-4-5-13-26(25)36-32/h4-5,7,9,12-13,15-17,21,23-24,27,31,36H,6,8,10-11,14,18-20H2,1-3H3,(H,37,44)(H,38,43)(H,39,41)/b16-7+/t21?,23?,24?,27-,31?/m0/s1. The average Bonchev–Trinajstić information content (AvgIpc) is 3.38. The number of pyridine rings is 1. The smallest absolute Gasteiger partial charge is 0.330 e. The first-order valence-corrected chi connectivity index (χ1v) is 16.1. The van der Waals surface area contributed by atoms with Crippen molar-refractivity contribution in [2.45, 2.75) is 77.4 Å². The molecule has 2 aliphatic rings. The van der Waals surface area contributed by atoms with E-state index in [-0.39, 0.29) is 37.0 Å². The van der Waals surface area contributed by atoms with Crippen LogP contribution in [0.5, 0.6) is 0 Å². The molecule has 2 aromatic heterocycles. The fourth-order valence-electron chi connectivity index (χ4n) is 7.15. The number of fused-ring (bicyclic) bond motifs is 3. The van der Waals surface area contributed by atoms with Gasteiger partial charge in [-0.05, 0) is 80.5 Å². The molecule has 0 radical (unpaired) electrons. The van der Waals surface area contributed by atoms with E-state index < -0.39 is 29.4 Å². The molecule has 2 aliphatic carbocycles. The normalized spacial score (nSPS) is 21.5. The fraction of sp³-hybridized carbons (Fsp3) is 0.457. The summed E-state index contributed by atoms with van der Waals surface area (Å²) >= 11 is 0. The van der Waals surface area contributed by atoms with Crippen molar-refractivity contribution in [3.8, 4) is 0 Å². The third-order valence-corrected chi connectivity index (χ3v) is 9.46. The lowest BCUT2D eigenvalue weighted by molar-refractivity contribution is -0.134. The van der Waals surface area contributed by atoms with Crippen LogP contribution in [0.15, 0.2) is 59.5 Å². The molecule has 1 aromatic carbocycles. The predicted octanol–water partition coefficient (Wildman–Crippen LogP) is 4.22.